The van der Waals surface area contributed by atoms with Crippen LogP contribution in [0.25, 0.3) is 44.5 Å². The smallest absolute Gasteiger partial charge is 0.155 e. The fourth-order valence-electron chi connectivity index (χ4n) is 5.90. The van der Waals surface area contributed by atoms with E-state index < -0.39 is 0 Å². The number of likely N-dealkylation sites (tertiary alicyclic amines) is 1. The number of hydrogen-bond donors (Lipinski definition) is 2. The molecule has 7 heterocycles. The maximum Gasteiger partial charge on any atom is 0.155 e. The standard InChI is InChI=1S/C29H32N8/c1-3-9-36(10-4-1)19-20-13-21(17-30-16-20)22-14-24-27(34-35-28(24)32-18-22)26-15-23-25(33-26)7-8-31-29(23)37-11-5-2-6-12-37/h7-8,13-18,33H,1-6,9-12,19H2,(H,32,34,35). The molecule has 0 unspecified atom stereocenters. The summed E-state index contributed by atoms with van der Waals surface area (Å²) in [6, 6.07) is 8.67. The molecule has 2 saturated heterocycles. The normalized spacial score (nSPS) is 17.1. The Kier molecular flexibility index (Phi) is 5.81. The molecule has 0 amide bonds. The van der Waals surface area contributed by atoms with Gasteiger partial charge in [0.05, 0.1) is 11.2 Å². The van der Waals surface area contributed by atoms with Crippen LogP contribution in [0.1, 0.15) is 44.1 Å². The molecule has 0 saturated carbocycles. The van der Waals surface area contributed by atoms with Crippen LogP contribution in [0, 0.1) is 0 Å². The molecule has 0 atom stereocenters. The van der Waals surface area contributed by atoms with Crippen LogP contribution in [0.15, 0.2) is 49.1 Å². The second-order valence-corrected chi connectivity index (χ2v) is 10.4. The van der Waals surface area contributed by atoms with Crippen molar-refractivity contribution in [1.29, 1.82) is 0 Å². The van der Waals surface area contributed by atoms with Crippen molar-refractivity contribution in [2.45, 2.75) is 45.1 Å². The minimum absolute atomic E-state index is 0.782. The summed E-state index contributed by atoms with van der Waals surface area (Å²) in [5.41, 5.74) is 7.11. The highest BCUT2D eigenvalue weighted by molar-refractivity contribution is 5.99. The molecule has 188 valence electrons. The number of piperidine rings is 2. The Morgan fingerprint density at radius 2 is 1.59 bits per heavy atom. The third-order valence-corrected chi connectivity index (χ3v) is 7.84. The molecule has 0 radical (unpaired) electrons. The van der Waals surface area contributed by atoms with Gasteiger partial charge in [-0.3, -0.25) is 15.0 Å². The lowest BCUT2D eigenvalue weighted by Crippen LogP contribution is -2.30. The van der Waals surface area contributed by atoms with Crippen molar-refractivity contribution in [1.82, 2.24) is 35.0 Å². The average Bonchev–Trinajstić information content (AvgIpc) is 3.58. The van der Waals surface area contributed by atoms with Gasteiger partial charge >= 0.3 is 0 Å². The minimum Gasteiger partial charge on any atom is -0.356 e. The van der Waals surface area contributed by atoms with Crippen molar-refractivity contribution >= 4 is 27.8 Å². The van der Waals surface area contributed by atoms with Gasteiger partial charge in [0.2, 0.25) is 0 Å². The number of nitrogens with zero attached hydrogens (tertiary/aromatic N) is 6. The number of aromatic nitrogens is 6. The minimum atomic E-state index is 0.782. The predicted octanol–water partition coefficient (Wildman–Crippen LogP) is 5.54. The summed E-state index contributed by atoms with van der Waals surface area (Å²) in [6.07, 6.45) is 15.4. The van der Waals surface area contributed by atoms with Gasteiger partial charge in [0.25, 0.3) is 0 Å². The molecule has 0 aliphatic carbocycles. The van der Waals surface area contributed by atoms with Crippen molar-refractivity contribution in [2.75, 3.05) is 31.1 Å². The Labute approximate surface area is 216 Å². The first-order chi connectivity index (χ1) is 18.3. The van der Waals surface area contributed by atoms with Crippen LogP contribution in [-0.4, -0.2) is 61.2 Å². The second kappa shape index (κ2) is 9.59. The lowest BCUT2D eigenvalue weighted by atomic mass is 10.0. The molecule has 2 aliphatic heterocycles. The quantitative estimate of drug-likeness (QED) is 0.335. The zero-order valence-electron chi connectivity index (χ0n) is 21.1. The summed E-state index contributed by atoms with van der Waals surface area (Å²) >= 11 is 0. The molecule has 2 aliphatic rings. The zero-order chi connectivity index (χ0) is 24.6. The number of aromatic amines is 2. The summed E-state index contributed by atoms with van der Waals surface area (Å²) in [4.78, 5) is 22.5. The van der Waals surface area contributed by atoms with Crippen LogP contribution >= 0.6 is 0 Å². The SMILES string of the molecule is c1cc2[nH]c(-c3n[nH]c4ncc(-c5cncc(CN6CCCCC6)c5)cc34)cc2c(N2CCCCC2)n1. The van der Waals surface area contributed by atoms with E-state index in [9.17, 15) is 0 Å². The van der Waals surface area contributed by atoms with Crippen molar-refractivity contribution in [2.24, 2.45) is 0 Å². The van der Waals surface area contributed by atoms with Crippen molar-refractivity contribution in [3.05, 3.63) is 54.6 Å². The van der Waals surface area contributed by atoms with Crippen molar-refractivity contribution < 1.29 is 0 Å². The Balaban J connectivity index is 1.23. The van der Waals surface area contributed by atoms with E-state index in [2.05, 4.69) is 48.2 Å². The van der Waals surface area contributed by atoms with Crippen LogP contribution in [0.4, 0.5) is 5.82 Å². The van der Waals surface area contributed by atoms with Crippen molar-refractivity contribution in [3.8, 4) is 22.5 Å². The van der Waals surface area contributed by atoms with E-state index in [0.29, 0.717) is 0 Å². The van der Waals surface area contributed by atoms with Crippen LogP contribution in [0.3, 0.4) is 0 Å². The number of fused-ring (bicyclic) bond motifs is 2. The lowest BCUT2D eigenvalue weighted by Gasteiger charge is -2.28. The number of hydrogen-bond acceptors (Lipinski definition) is 6. The molecule has 8 nitrogen and oxygen atoms in total. The van der Waals surface area contributed by atoms with Crippen LogP contribution < -0.4 is 4.90 Å². The van der Waals surface area contributed by atoms with Gasteiger partial charge in [-0.05, 0) is 75.0 Å². The Hall–Kier alpha value is -3.78. The molecular formula is C29H32N8. The molecule has 2 fully saturated rings. The highest BCUT2D eigenvalue weighted by Crippen LogP contribution is 2.34. The van der Waals surface area contributed by atoms with Crippen molar-refractivity contribution in [3.63, 3.8) is 0 Å². The van der Waals surface area contributed by atoms with Gasteiger partial charge in [-0.1, -0.05) is 6.42 Å². The largest absolute Gasteiger partial charge is 0.356 e. The van der Waals surface area contributed by atoms with Gasteiger partial charge in [-0.2, -0.15) is 5.10 Å². The van der Waals surface area contributed by atoms with E-state index in [1.54, 1.807) is 0 Å². The third-order valence-electron chi connectivity index (χ3n) is 7.84. The number of H-pyrrole nitrogens is 2. The van der Waals surface area contributed by atoms with Gasteiger partial charge in [-0.25, -0.2) is 9.97 Å². The van der Waals surface area contributed by atoms with E-state index >= 15 is 0 Å². The highest BCUT2D eigenvalue weighted by Gasteiger charge is 2.19. The van der Waals surface area contributed by atoms with E-state index in [1.807, 2.05) is 30.9 Å². The zero-order valence-corrected chi connectivity index (χ0v) is 21.1. The molecule has 37 heavy (non-hydrogen) atoms. The number of nitrogens with one attached hydrogen (secondary N) is 2. The average molecular weight is 493 g/mol. The van der Waals surface area contributed by atoms with Gasteiger partial charge < -0.3 is 9.88 Å². The van der Waals surface area contributed by atoms with E-state index in [4.69, 9.17) is 9.97 Å². The van der Waals surface area contributed by atoms with Gasteiger partial charge in [0.1, 0.15) is 11.5 Å². The molecule has 5 aromatic heterocycles. The fraction of sp³-hybridized carbons (Fsp3) is 0.379. The predicted molar refractivity (Wildman–Crippen MR) is 147 cm³/mol. The number of anilines is 1. The summed E-state index contributed by atoms with van der Waals surface area (Å²) < 4.78 is 0. The Bertz CT molecular complexity index is 1540. The third kappa shape index (κ3) is 4.35. The first-order valence-corrected chi connectivity index (χ1v) is 13.6. The second-order valence-electron chi connectivity index (χ2n) is 10.4. The van der Waals surface area contributed by atoms with Gasteiger partial charge in [0.15, 0.2) is 5.65 Å². The van der Waals surface area contributed by atoms with E-state index in [-0.39, 0.29) is 0 Å². The molecule has 5 aromatic rings. The van der Waals surface area contributed by atoms with Crippen LogP contribution in [0.2, 0.25) is 0 Å². The summed E-state index contributed by atoms with van der Waals surface area (Å²) in [5, 5.41) is 9.93. The topological polar surface area (TPSA) is 89.6 Å². The molecule has 0 bridgehead atoms. The Morgan fingerprint density at radius 1 is 0.784 bits per heavy atom. The summed E-state index contributed by atoms with van der Waals surface area (Å²) in [6.45, 7) is 5.44. The fourth-order valence-corrected chi connectivity index (χ4v) is 5.90. The van der Waals surface area contributed by atoms with E-state index in [0.717, 1.165) is 69.9 Å². The molecule has 0 spiro atoms. The molecule has 8 heteroatoms. The monoisotopic (exact) mass is 492 g/mol. The maximum atomic E-state index is 4.75. The maximum absolute atomic E-state index is 4.75. The summed E-state index contributed by atoms with van der Waals surface area (Å²) in [5.74, 6) is 1.06. The molecule has 2 N–H and O–H groups in total. The van der Waals surface area contributed by atoms with Crippen LogP contribution in [-0.2, 0) is 6.54 Å². The first-order valence-electron chi connectivity index (χ1n) is 13.6. The summed E-state index contributed by atoms with van der Waals surface area (Å²) in [7, 11) is 0. The number of rotatable bonds is 5. The molecule has 7 rings (SSSR count). The highest BCUT2D eigenvalue weighted by atomic mass is 15.2. The van der Waals surface area contributed by atoms with Gasteiger partial charge in [-0.15, -0.1) is 0 Å². The molecular weight excluding hydrogens is 460 g/mol. The number of pyridine rings is 3. The van der Waals surface area contributed by atoms with Gasteiger partial charge in [0, 0.05) is 66.3 Å². The lowest BCUT2D eigenvalue weighted by molar-refractivity contribution is 0.220. The van der Waals surface area contributed by atoms with E-state index in [1.165, 1.54) is 57.2 Å². The first kappa shape index (κ1) is 22.4. The van der Waals surface area contributed by atoms with Crippen LogP contribution in [0.5, 0.6) is 0 Å². The molecule has 0 aromatic carbocycles. The Morgan fingerprint density at radius 3 is 2.46 bits per heavy atom.